The highest BCUT2D eigenvalue weighted by molar-refractivity contribution is 7.89. The third-order valence-corrected chi connectivity index (χ3v) is 5.02. The number of aliphatic hydroxyl groups excluding tert-OH is 1. The second kappa shape index (κ2) is 6.46. The smallest absolute Gasteiger partial charge is 0.270 e. The standard InChI is InChI=1S/C12H17FN2O5S/c1-3-12(4-2,8-16)14-21(19,20)11-7-9(15(17)18)5-6-10(11)13/h5-7,14,16H,3-4,8H2,1-2H3. The molecule has 0 spiro atoms. The lowest BCUT2D eigenvalue weighted by atomic mass is 9.96. The van der Waals surface area contributed by atoms with E-state index < -0.39 is 43.5 Å². The van der Waals surface area contributed by atoms with E-state index in [1.165, 1.54) is 0 Å². The van der Waals surface area contributed by atoms with Crippen LogP contribution in [0, 0.1) is 15.9 Å². The number of benzene rings is 1. The summed E-state index contributed by atoms with van der Waals surface area (Å²) >= 11 is 0. The van der Waals surface area contributed by atoms with Gasteiger partial charge in [0.15, 0.2) is 0 Å². The Hall–Kier alpha value is -1.58. The highest BCUT2D eigenvalue weighted by Gasteiger charge is 2.33. The summed E-state index contributed by atoms with van der Waals surface area (Å²) in [7, 11) is -4.33. The molecule has 0 aromatic heterocycles. The topological polar surface area (TPSA) is 110 Å². The van der Waals surface area contributed by atoms with Gasteiger partial charge in [-0.3, -0.25) is 10.1 Å². The van der Waals surface area contributed by atoms with Crippen molar-refractivity contribution in [2.24, 2.45) is 0 Å². The number of hydrogen-bond acceptors (Lipinski definition) is 5. The lowest BCUT2D eigenvalue weighted by Crippen LogP contribution is -2.50. The first-order chi connectivity index (χ1) is 9.71. The van der Waals surface area contributed by atoms with E-state index in [1.807, 2.05) is 0 Å². The van der Waals surface area contributed by atoms with Crippen molar-refractivity contribution in [2.75, 3.05) is 6.61 Å². The maximum Gasteiger partial charge on any atom is 0.270 e. The zero-order valence-corrected chi connectivity index (χ0v) is 12.5. The molecule has 9 heteroatoms. The van der Waals surface area contributed by atoms with Crippen LogP contribution in [0.1, 0.15) is 26.7 Å². The molecule has 0 atom stereocenters. The number of rotatable bonds is 7. The van der Waals surface area contributed by atoms with Crippen molar-refractivity contribution in [1.82, 2.24) is 4.72 Å². The number of nitro groups is 1. The Morgan fingerprint density at radius 2 is 1.95 bits per heavy atom. The minimum atomic E-state index is -4.33. The molecule has 0 heterocycles. The van der Waals surface area contributed by atoms with Crippen LogP contribution in [0.5, 0.6) is 0 Å². The summed E-state index contributed by atoms with van der Waals surface area (Å²) in [5, 5.41) is 20.0. The largest absolute Gasteiger partial charge is 0.394 e. The second-order valence-electron chi connectivity index (χ2n) is 4.62. The van der Waals surface area contributed by atoms with Gasteiger partial charge in [0.1, 0.15) is 10.7 Å². The highest BCUT2D eigenvalue weighted by atomic mass is 32.2. The Morgan fingerprint density at radius 3 is 2.38 bits per heavy atom. The summed E-state index contributed by atoms with van der Waals surface area (Å²) in [6.45, 7) is 2.88. The van der Waals surface area contributed by atoms with Crippen LogP contribution in [-0.4, -0.2) is 30.6 Å². The van der Waals surface area contributed by atoms with Crippen molar-refractivity contribution in [1.29, 1.82) is 0 Å². The normalized spacial score (nSPS) is 12.4. The van der Waals surface area contributed by atoms with Crippen LogP contribution in [0.3, 0.4) is 0 Å². The fraction of sp³-hybridized carbons (Fsp3) is 0.500. The Morgan fingerprint density at radius 1 is 1.38 bits per heavy atom. The maximum absolute atomic E-state index is 13.7. The van der Waals surface area contributed by atoms with Crippen LogP contribution in [0.25, 0.3) is 0 Å². The first kappa shape index (κ1) is 17.5. The molecule has 0 saturated carbocycles. The molecule has 0 aliphatic heterocycles. The van der Waals surface area contributed by atoms with Crippen molar-refractivity contribution >= 4 is 15.7 Å². The second-order valence-corrected chi connectivity index (χ2v) is 6.27. The molecule has 1 rings (SSSR count). The number of aliphatic hydroxyl groups is 1. The van der Waals surface area contributed by atoms with E-state index in [0.717, 1.165) is 12.1 Å². The Labute approximate surface area is 122 Å². The van der Waals surface area contributed by atoms with E-state index in [4.69, 9.17) is 0 Å². The van der Waals surface area contributed by atoms with Gasteiger partial charge < -0.3 is 5.11 Å². The molecule has 0 unspecified atom stereocenters. The van der Waals surface area contributed by atoms with Crippen molar-refractivity contribution in [3.05, 3.63) is 34.1 Å². The SMILES string of the molecule is CCC(CC)(CO)NS(=O)(=O)c1cc([N+](=O)[O-])ccc1F. The van der Waals surface area contributed by atoms with Crippen molar-refractivity contribution < 1.29 is 22.8 Å². The molecule has 0 fully saturated rings. The van der Waals surface area contributed by atoms with Gasteiger partial charge in [-0.15, -0.1) is 0 Å². The van der Waals surface area contributed by atoms with Gasteiger partial charge in [0.05, 0.1) is 17.1 Å². The third-order valence-electron chi connectivity index (χ3n) is 3.42. The summed E-state index contributed by atoms with van der Waals surface area (Å²) in [5.41, 5.74) is -1.66. The van der Waals surface area contributed by atoms with Crippen molar-refractivity contribution in [2.45, 2.75) is 37.1 Å². The number of nitrogens with one attached hydrogen (secondary N) is 1. The first-order valence-corrected chi connectivity index (χ1v) is 7.78. The van der Waals surface area contributed by atoms with Gasteiger partial charge in [-0.25, -0.2) is 17.5 Å². The van der Waals surface area contributed by atoms with Crippen LogP contribution < -0.4 is 4.72 Å². The molecule has 0 aliphatic carbocycles. The Balaban J connectivity index is 3.31. The lowest BCUT2D eigenvalue weighted by Gasteiger charge is -2.30. The number of nitrogens with zero attached hydrogens (tertiary/aromatic N) is 1. The Kier molecular flexibility index (Phi) is 5.37. The zero-order valence-electron chi connectivity index (χ0n) is 11.7. The Bertz CT molecular complexity index is 620. The van der Waals surface area contributed by atoms with Crippen molar-refractivity contribution in [3.8, 4) is 0 Å². The molecule has 2 N–H and O–H groups in total. The molecule has 7 nitrogen and oxygen atoms in total. The molecule has 0 saturated heterocycles. The number of hydrogen-bond donors (Lipinski definition) is 2. The van der Waals surface area contributed by atoms with E-state index in [9.17, 15) is 28.0 Å². The quantitative estimate of drug-likeness (QED) is 0.585. The zero-order chi connectivity index (χ0) is 16.3. The van der Waals surface area contributed by atoms with Crippen LogP contribution in [0.2, 0.25) is 0 Å². The van der Waals surface area contributed by atoms with Crippen LogP contribution in [-0.2, 0) is 10.0 Å². The first-order valence-electron chi connectivity index (χ1n) is 6.30. The summed E-state index contributed by atoms with van der Waals surface area (Å²) in [6.07, 6.45) is 0.575. The fourth-order valence-electron chi connectivity index (χ4n) is 1.80. The molecular weight excluding hydrogens is 303 g/mol. The van der Waals surface area contributed by atoms with Crippen molar-refractivity contribution in [3.63, 3.8) is 0 Å². The molecule has 0 aliphatic rings. The van der Waals surface area contributed by atoms with Crippen LogP contribution >= 0.6 is 0 Å². The predicted octanol–water partition coefficient (Wildman–Crippen LogP) is 1.56. The number of sulfonamides is 1. The van der Waals surface area contributed by atoms with E-state index >= 15 is 0 Å². The highest BCUT2D eigenvalue weighted by Crippen LogP contribution is 2.24. The number of non-ortho nitro benzene ring substituents is 1. The minimum Gasteiger partial charge on any atom is -0.394 e. The maximum atomic E-state index is 13.7. The summed E-state index contributed by atoms with van der Waals surface area (Å²) in [4.78, 5) is 9.06. The molecule has 118 valence electrons. The van der Waals surface area contributed by atoms with Crippen LogP contribution in [0.15, 0.2) is 23.1 Å². The van der Waals surface area contributed by atoms with Gasteiger partial charge in [0.2, 0.25) is 10.0 Å². The molecule has 0 amide bonds. The molecule has 0 bridgehead atoms. The lowest BCUT2D eigenvalue weighted by molar-refractivity contribution is -0.385. The van der Waals surface area contributed by atoms with Gasteiger partial charge in [-0.1, -0.05) is 13.8 Å². The molecule has 21 heavy (non-hydrogen) atoms. The predicted molar refractivity (Wildman–Crippen MR) is 73.8 cm³/mol. The summed E-state index contributed by atoms with van der Waals surface area (Å²) < 4.78 is 40.4. The number of halogens is 1. The average molecular weight is 320 g/mol. The average Bonchev–Trinajstić information content (AvgIpc) is 2.45. The fourth-order valence-corrected chi connectivity index (χ4v) is 3.44. The summed E-state index contributed by atoms with van der Waals surface area (Å²) in [5.74, 6) is -1.09. The van der Waals surface area contributed by atoms with Gasteiger partial charge in [0, 0.05) is 12.1 Å². The van der Waals surface area contributed by atoms with Gasteiger partial charge in [-0.05, 0) is 18.9 Å². The monoisotopic (exact) mass is 320 g/mol. The van der Waals surface area contributed by atoms with E-state index in [2.05, 4.69) is 4.72 Å². The number of nitro benzene ring substituents is 1. The molecule has 1 aromatic carbocycles. The minimum absolute atomic E-state index is 0.287. The van der Waals surface area contributed by atoms with Gasteiger partial charge >= 0.3 is 0 Å². The van der Waals surface area contributed by atoms with E-state index in [0.29, 0.717) is 6.07 Å². The molecular formula is C12H17FN2O5S. The summed E-state index contributed by atoms with van der Waals surface area (Å²) in [6, 6.07) is 2.27. The van der Waals surface area contributed by atoms with Gasteiger partial charge in [-0.2, -0.15) is 0 Å². The van der Waals surface area contributed by atoms with E-state index in [1.54, 1.807) is 13.8 Å². The molecule has 0 radical (unpaired) electrons. The van der Waals surface area contributed by atoms with Gasteiger partial charge in [0.25, 0.3) is 5.69 Å². The molecule has 1 aromatic rings. The third kappa shape index (κ3) is 3.74. The van der Waals surface area contributed by atoms with Crippen LogP contribution in [0.4, 0.5) is 10.1 Å². The van der Waals surface area contributed by atoms with E-state index in [-0.39, 0.29) is 12.8 Å².